The fourth-order valence-corrected chi connectivity index (χ4v) is 4.41. The third kappa shape index (κ3) is 3.31. The summed E-state index contributed by atoms with van der Waals surface area (Å²) in [6.45, 7) is 4.21. The van der Waals surface area contributed by atoms with Gasteiger partial charge in [-0.3, -0.25) is 0 Å². The predicted molar refractivity (Wildman–Crippen MR) is 107 cm³/mol. The largest absolute Gasteiger partial charge is 0.340 e. The van der Waals surface area contributed by atoms with Gasteiger partial charge in [0.2, 0.25) is 5.95 Å². The fraction of sp³-hybridized carbons (Fsp3) is 0.429. The summed E-state index contributed by atoms with van der Waals surface area (Å²) in [6, 6.07) is 8.25. The molecule has 2 aliphatic heterocycles. The van der Waals surface area contributed by atoms with E-state index in [0.29, 0.717) is 0 Å². The summed E-state index contributed by atoms with van der Waals surface area (Å²) in [6.07, 6.45) is 8.77. The standard InChI is InChI=1S/C21H24N6/c1-14-3-2-4-17(9-14)25-20-19-18(23-13-24-20)10-22-21(26-19)27-11-15-5-6-16(12-27)8-7-15/h2-4,9-10,13,15-16H,5-8,11-12H2,1H3,(H,23,24,25). The maximum absolute atomic E-state index is 4.88. The van der Waals surface area contributed by atoms with Crippen molar-refractivity contribution in [2.75, 3.05) is 23.3 Å². The van der Waals surface area contributed by atoms with Crippen LogP contribution >= 0.6 is 0 Å². The van der Waals surface area contributed by atoms with Gasteiger partial charge in [-0.2, -0.15) is 0 Å². The molecule has 0 atom stereocenters. The van der Waals surface area contributed by atoms with Crippen molar-refractivity contribution in [2.45, 2.75) is 32.6 Å². The number of aromatic nitrogens is 4. The van der Waals surface area contributed by atoms with Gasteiger partial charge < -0.3 is 10.2 Å². The van der Waals surface area contributed by atoms with Crippen LogP contribution in [0.25, 0.3) is 11.0 Å². The average molecular weight is 360 g/mol. The number of hydrogen-bond donors (Lipinski definition) is 1. The number of aryl methyl sites for hydroxylation is 1. The van der Waals surface area contributed by atoms with Crippen LogP contribution in [0.4, 0.5) is 17.5 Å². The first-order chi connectivity index (χ1) is 13.2. The molecule has 138 valence electrons. The molecule has 1 saturated carbocycles. The maximum Gasteiger partial charge on any atom is 0.226 e. The van der Waals surface area contributed by atoms with Gasteiger partial charge in [0.1, 0.15) is 17.4 Å². The second-order valence-corrected chi connectivity index (χ2v) is 7.91. The molecule has 2 bridgehead atoms. The Morgan fingerprint density at radius 2 is 1.78 bits per heavy atom. The monoisotopic (exact) mass is 360 g/mol. The Hall–Kier alpha value is -2.76. The van der Waals surface area contributed by atoms with E-state index in [0.717, 1.165) is 53.4 Å². The van der Waals surface area contributed by atoms with Gasteiger partial charge in [0.25, 0.3) is 0 Å². The molecular weight excluding hydrogens is 336 g/mol. The number of rotatable bonds is 3. The van der Waals surface area contributed by atoms with E-state index in [1.54, 1.807) is 6.33 Å². The van der Waals surface area contributed by atoms with Crippen molar-refractivity contribution in [1.29, 1.82) is 0 Å². The summed E-state index contributed by atoms with van der Waals surface area (Å²) < 4.78 is 0. The molecular formula is C21H24N6. The molecule has 27 heavy (non-hydrogen) atoms. The van der Waals surface area contributed by atoms with Crippen molar-refractivity contribution in [1.82, 2.24) is 19.9 Å². The topological polar surface area (TPSA) is 66.8 Å². The van der Waals surface area contributed by atoms with Crippen LogP contribution in [0.2, 0.25) is 0 Å². The smallest absolute Gasteiger partial charge is 0.226 e. The SMILES string of the molecule is Cc1cccc(Nc2ncnc3cnc(N4CC5CCC(CC5)C4)nc23)c1. The third-order valence-corrected chi connectivity index (χ3v) is 5.85. The first kappa shape index (κ1) is 16.4. The van der Waals surface area contributed by atoms with Gasteiger partial charge in [0.05, 0.1) is 6.20 Å². The van der Waals surface area contributed by atoms with Crippen molar-refractivity contribution < 1.29 is 0 Å². The first-order valence-corrected chi connectivity index (χ1v) is 9.81. The van der Waals surface area contributed by atoms with Gasteiger partial charge in [-0.1, -0.05) is 12.1 Å². The molecule has 0 amide bonds. The minimum atomic E-state index is 0.729. The zero-order chi connectivity index (χ0) is 18.2. The third-order valence-electron chi connectivity index (χ3n) is 5.85. The lowest BCUT2D eigenvalue weighted by Crippen LogP contribution is -2.29. The van der Waals surface area contributed by atoms with E-state index in [1.807, 2.05) is 18.3 Å². The summed E-state index contributed by atoms with van der Waals surface area (Å²) >= 11 is 0. The van der Waals surface area contributed by atoms with Crippen LogP contribution in [0, 0.1) is 18.8 Å². The van der Waals surface area contributed by atoms with E-state index in [9.17, 15) is 0 Å². The summed E-state index contributed by atoms with van der Waals surface area (Å²) in [5.74, 6) is 3.09. The number of fused-ring (bicyclic) bond motifs is 5. The highest BCUT2D eigenvalue weighted by Gasteiger charge is 2.30. The maximum atomic E-state index is 4.88. The summed E-state index contributed by atoms with van der Waals surface area (Å²) in [5, 5.41) is 3.40. The van der Waals surface area contributed by atoms with Gasteiger partial charge in [0, 0.05) is 18.8 Å². The minimum absolute atomic E-state index is 0.729. The molecule has 6 rings (SSSR count). The van der Waals surface area contributed by atoms with Gasteiger partial charge in [-0.15, -0.1) is 0 Å². The van der Waals surface area contributed by atoms with Crippen LogP contribution < -0.4 is 10.2 Å². The highest BCUT2D eigenvalue weighted by atomic mass is 15.3. The van der Waals surface area contributed by atoms with Gasteiger partial charge >= 0.3 is 0 Å². The van der Waals surface area contributed by atoms with Crippen LogP contribution in [0.15, 0.2) is 36.8 Å². The molecule has 6 heteroatoms. The van der Waals surface area contributed by atoms with E-state index in [-0.39, 0.29) is 0 Å². The minimum Gasteiger partial charge on any atom is -0.340 e. The van der Waals surface area contributed by atoms with Crippen molar-refractivity contribution in [3.63, 3.8) is 0 Å². The molecule has 1 aromatic carbocycles. The second-order valence-electron chi connectivity index (χ2n) is 7.91. The first-order valence-electron chi connectivity index (χ1n) is 9.81. The molecule has 3 aliphatic rings. The molecule has 4 heterocycles. The number of nitrogens with zero attached hydrogens (tertiary/aromatic N) is 5. The van der Waals surface area contributed by atoms with E-state index in [2.05, 4.69) is 44.2 Å². The Bertz CT molecular complexity index is 950. The lowest BCUT2D eigenvalue weighted by Gasteiger charge is -2.22. The van der Waals surface area contributed by atoms with Gasteiger partial charge in [-0.05, 0) is 62.1 Å². The van der Waals surface area contributed by atoms with Crippen molar-refractivity contribution in [3.8, 4) is 0 Å². The van der Waals surface area contributed by atoms with Crippen molar-refractivity contribution >= 4 is 28.5 Å². The quantitative estimate of drug-likeness (QED) is 0.758. The van der Waals surface area contributed by atoms with Crippen molar-refractivity contribution in [2.24, 2.45) is 11.8 Å². The van der Waals surface area contributed by atoms with Crippen LogP contribution in [0.3, 0.4) is 0 Å². The lowest BCUT2D eigenvalue weighted by molar-refractivity contribution is 0.326. The molecule has 0 radical (unpaired) electrons. The van der Waals surface area contributed by atoms with Crippen LogP contribution in [0.5, 0.6) is 0 Å². The number of anilines is 3. The molecule has 3 aromatic rings. The number of benzene rings is 1. The van der Waals surface area contributed by atoms with E-state index in [1.165, 1.54) is 31.2 Å². The van der Waals surface area contributed by atoms with Gasteiger partial charge in [-0.25, -0.2) is 19.9 Å². The Kier molecular flexibility index (Phi) is 4.11. The van der Waals surface area contributed by atoms with E-state index >= 15 is 0 Å². The summed E-state index contributed by atoms with van der Waals surface area (Å²) in [4.78, 5) is 20.7. The zero-order valence-corrected chi connectivity index (χ0v) is 15.6. The van der Waals surface area contributed by atoms with Crippen molar-refractivity contribution in [3.05, 3.63) is 42.4 Å². The summed E-state index contributed by atoms with van der Waals surface area (Å²) in [5.41, 5.74) is 3.75. The fourth-order valence-electron chi connectivity index (χ4n) is 4.41. The Balaban J connectivity index is 1.50. The Morgan fingerprint density at radius 1 is 1.00 bits per heavy atom. The molecule has 1 aliphatic carbocycles. The van der Waals surface area contributed by atoms with Crippen LogP contribution in [-0.4, -0.2) is 33.0 Å². The molecule has 1 N–H and O–H groups in total. The van der Waals surface area contributed by atoms with E-state index in [4.69, 9.17) is 4.98 Å². The molecule has 2 saturated heterocycles. The Morgan fingerprint density at radius 3 is 2.52 bits per heavy atom. The average Bonchev–Trinajstić information content (AvgIpc) is 3.02. The van der Waals surface area contributed by atoms with E-state index < -0.39 is 0 Å². The van der Waals surface area contributed by atoms with Crippen LogP contribution in [0.1, 0.15) is 31.2 Å². The Labute approximate surface area is 159 Å². The number of nitrogens with one attached hydrogen (secondary N) is 1. The predicted octanol–water partition coefficient (Wildman–Crippen LogP) is 4.10. The highest BCUT2D eigenvalue weighted by molar-refractivity contribution is 5.87. The van der Waals surface area contributed by atoms with Crippen LogP contribution in [-0.2, 0) is 0 Å². The molecule has 0 unspecified atom stereocenters. The lowest BCUT2D eigenvalue weighted by atomic mass is 9.84. The number of hydrogen-bond acceptors (Lipinski definition) is 6. The molecule has 2 aromatic heterocycles. The molecule has 6 nitrogen and oxygen atoms in total. The zero-order valence-electron chi connectivity index (χ0n) is 15.6. The normalized spacial score (nSPS) is 22.0. The highest BCUT2D eigenvalue weighted by Crippen LogP contribution is 2.35. The molecule has 3 fully saturated rings. The summed E-state index contributed by atoms with van der Waals surface area (Å²) in [7, 11) is 0. The second kappa shape index (κ2) is 6.76. The van der Waals surface area contributed by atoms with Gasteiger partial charge in [0.15, 0.2) is 5.82 Å². The molecule has 0 spiro atoms.